The number of ether oxygens (including phenoxy) is 3. The van der Waals surface area contributed by atoms with Crippen molar-refractivity contribution in [2.75, 3.05) is 13.2 Å². The normalized spacial score (nSPS) is 12.1. The second kappa shape index (κ2) is 44.9. The molecule has 0 unspecified atom stereocenters. The predicted octanol–water partition coefficient (Wildman–Crippen LogP) is 16.5. The third-order valence-corrected chi connectivity index (χ3v) is 11.7. The molecule has 0 saturated carbocycles. The van der Waals surface area contributed by atoms with Crippen molar-refractivity contribution < 1.29 is 28.6 Å². The van der Waals surface area contributed by atoms with Crippen LogP contribution < -0.4 is 0 Å². The first-order chi connectivity index (χ1) is 28.2. The monoisotopic (exact) mass is 821 g/mol. The van der Waals surface area contributed by atoms with Gasteiger partial charge < -0.3 is 14.2 Å². The Kier molecular flexibility index (Phi) is 43.7. The van der Waals surface area contributed by atoms with Gasteiger partial charge >= 0.3 is 17.9 Å². The topological polar surface area (TPSA) is 78.9 Å². The van der Waals surface area contributed by atoms with Crippen molar-refractivity contribution in [1.82, 2.24) is 0 Å². The van der Waals surface area contributed by atoms with Crippen LogP contribution in [0.15, 0.2) is 0 Å². The average Bonchev–Trinajstić information content (AvgIpc) is 3.19. The van der Waals surface area contributed by atoms with Crippen LogP contribution in [0.4, 0.5) is 0 Å². The van der Waals surface area contributed by atoms with Crippen LogP contribution in [0.3, 0.4) is 0 Å². The first-order valence-electron chi connectivity index (χ1n) is 25.7. The van der Waals surface area contributed by atoms with Gasteiger partial charge in [0.1, 0.15) is 13.2 Å². The molecule has 6 heteroatoms. The van der Waals surface area contributed by atoms with E-state index in [1.165, 1.54) is 173 Å². The van der Waals surface area contributed by atoms with Crippen LogP contribution in [0.2, 0.25) is 0 Å². The maximum Gasteiger partial charge on any atom is 0.306 e. The van der Waals surface area contributed by atoms with Crippen LogP contribution in [-0.4, -0.2) is 37.2 Å². The molecule has 0 aliphatic carbocycles. The molecule has 0 rings (SSSR count). The number of esters is 3. The molecule has 0 aliphatic heterocycles. The van der Waals surface area contributed by atoms with E-state index in [-0.39, 0.29) is 31.1 Å². The highest BCUT2D eigenvalue weighted by Gasteiger charge is 2.19. The summed E-state index contributed by atoms with van der Waals surface area (Å²) in [6.45, 7) is 11.3. The molecule has 58 heavy (non-hydrogen) atoms. The van der Waals surface area contributed by atoms with Gasteiger partial charge in [0.15, 0.2) is 6.10 Å². The number of carbonyl (C=O) groups is 3. The highest BCUT2D eigenvalue weighted by molar-refractivity contribution is 5.71. The second-order valence-electron chi connectivity index (χ2n) is 18.8. The summed E-state index contributed by atoms with van der Waals surface area (Å²) in [5, 5.41) is 0. The first-order valence-corrected chi connectivity index (χ1v) is 25.7. The zero-order valence-electron chi connectivity index (χ0n) is 39.7. The molecule has 0 aromatic rings. The molecule has 0 aromatic heterocycles. The fourth-order valence-corrected chi connectivity index (χ4v) is 7.81. The lowest BCUT2D eigenvalue weighted by Gasteiger charge is -2.18. The highest BCUT2D eigenvalue weighted by atomic mass is 16.6. The number of hydrogen-bond acceptors (Lipinski definition) is 6. The minimum atomic E-state index is -0.760. The van der Waals surface area contributed by atoms with Crippen LogP contribution >= 0.6 is 0 Å². The van der Waals surface area contributed by atoms with Gasteiger partial charge in [-0.25, -0.2) is 0 Å². The minimum absolute atomic E-state index is 0.0644. The molecule has 0 aliphatic rings. The third kappa shape index (κ3) is 45.5. The first kappa shape index (κ1) is 56.4. The third-order valence-electron chi connectivity index (χ3n) is 11.7. The largest absolute Gasteiger partial charge is 0.462 e. The predicted molar refractivity (Wildman–Crippen MR) is 247 cm³/mol. The van der Waals surface area contributed by atoms with Crippen molar-refractivity contribution in [1.29, 1.82) is 0 Å². The molecule has 0 N–H and O–H groups in total. The van der Waals surface area contributed by atoms with Gasteiger partial charge in [-0.15, -0.1) is 0 Å². The summed E-state index contributed by atoms with van der Waals surface area (Å²) in [4.78, 5) is 37.8. The van der Waals surface area contributed by atoms with Crippen molar-refractivity contribution in [2.24, 2.45) is 11.8 Å². The van der Waals surface area contributed by atoms with Crippen molar-refractivity contribution >= 4 is 17.9 Å². The van der Waals surface area contributed by atoms with Crippen LogP contribution in [0.1, 0.15) is 285 Å². The van der Waals surface area contributed by atoms with Crippen molar-refractivity contribution in [3.63, 3.8) is 0 Å². The van der Waals surface area contributed by atoms with Crippen LogP contribution in [0.5, 0.6) is 0 Å². The van der Waals surface area contributed by atoms with E-state index in [1.807, 2.05) is 0 Å². The maximum atomic E-state index is 12.7. The summed E-state index contributed by atoms with van der Waals surface area (Å²) in [5.41, 5.74) is 0. The molecule has 0 heterocycles. The Balaban J connectivity index is 4.14. The van der Waals surface area contributed by atoms with E-state index in [0.717, 1.165) is 69.6 Å². The summed E-state index contributed by atoms with van der Waals surface area (Å²) >= 11 is 0. The zero-order valence-corrected chi connectivity index (χ0v) is 39.7. The molecular weight excluding hydrogens is 721 g/mol. The van der Waals surface area contributed by atoms with Crippen LogP contribution in [-0.2, 0) is 28.6 Å². The molecule has 0 bridgehead atoms. The summed E-state index contributed by atoms with van der Waals surface area (Å²) in [6.07, 6.45) is 45.4. The van der Waals surface area contributed by atoms with E-state index in [4.69, 9.17) is 14.2 Å². The standard InChI is InChI=1S/C52H100O6/c1-6-7-8-9-10-21-28-34-39-44-52(55)58-49(46-57-51(54)43-38-33-29-24-26-31-36-41-48(4)5)45-56-50(53)42-37-32-27-23-20-18-16-14-12-11-13-15-17-19-22-25-30-35-40-47(2)3/h47-49H,6-46H2,1-5H3/t49-/m1/s1. The van der Waals surface area contributed by atoms with Gasteiger partial charge in [0.2, 0.25) is 0 Å². The van der Waals surface area contributed by atoms with Gasteiger partial charge in [0.25, 0.3) is 0 Å². The van der Waals surface area contributed by atoms with E-state index in [2.05, 4.69) is 34.6 Å². The Morgan fingerprint density at radius 1 is 0.328 bits per heavy atom. The van der Waals surface area contributed by atoms with Gasteiger partial charge in [0, 0.05) is 19.3 Å². The van der Waals surface area contributed by atoms with E-state index in [0.29, 0.717) is 19.3 Å². The average molecular weight is 821 g/mol. The molecule has 0 saturated heterocycles. The van der Waals surface area contributed by atoms with E-state index >= 15 is 0 Å². The van der Waals surface area contributed by atoms with Crippen molar-refractivity contribution in [3.8, 4) is 0 Å². The second-order valence-corrected chi connectivity index (χ2v) is 18.8. The quantitative estimate of drug-likeness (QED) is 0.0346. The molecule has 6 nitrogen and oxygen atoms in total. The van der Waals surface area contributed by atoms with Gasteiger partial charge in [-0.3, -0.25) is 14.4 Å². The molecule has 0 spiro atoms. The zero-order chi connectivity index (χ0) is 42.6. The summed E-state index contributed by atoms with van der Waals surface area (Å²) in [6, 6.07) is 0. The van der Waals surface area contributed by atoms with E-state index in [9.17, 15) is 14.4 Å². The summed E-state index contributed by atoms with van der Waals surface area (Å²) < 4.78 is 16.7. The number of rotatable bonds is 46. The Labute approximate surface area is 361 Å². The summed E-state index contributed by atoms with van der Waals surface area (Å²) in [7, 11) is 0. The lowest BCUT2D eigenvalue weighted by Crippen LogP contribution is -2.30. The van der Waals surface area contributed by atoms with E-state index in [1.54, 1.807) is 0 Å². The maximum absolute atomic E-state index is 12.7. The Bertz CT molecular complexity index is 885. The van der Waals surface area contributed by atoms with Crippen molar-refractivity contribution in [2.45, 2.75) is 291 Å². The minimum Gasteiger partial charge on any atom is -0.462 e. The Morgan fingerprint density at radius 3 is 0.845 bits per heavy atom. The highest BCUT2D eigenvalue weighted by Crippen LogP contribution is 2.17. The van der Waals surface area contributed by atoms with Gasteiger partial charge in [-0.2, -0.15) is 0 Å². The number of carbonyl (C=O) groups excluding carboxylic acids is 3. The summed E-state index contributed by atoms with van der Waals surface area (Å²) in [5.74, 6) is 0.786. The molecular formula is C52H100O6. The van der Waals surface area contributed by atoms with Gasteiger partial charge in [-0.05, 0) is 31.1 Å². The molecule has 0 fully saturated rings. The number of unbranched alkanes of at least 4 members (excludes halogenated alkanes) is 31. The van der Waals surface area contributed by atoms with Crippen LogP contribution in [0, 0.1) is 11.8 Å². The van der Waals surface area contributed by atoms with E-state index < -0.39 is 6.10 Å². The van der Waals surface area contributed by atoms with Gasteiger partial charge in [-0.1, -0.05) is 247 Å². The molecule has 0 amide bonds. The molecule has 0 radical (unpaired) electrons. The van der Waals surface area contributed by atoms with Crippen LogP contribution in [0.25, 0.3) is 0 Å². The lowest BCUT2D eigenvalue weighted by molar-refractivity contribution is -0.167. The molecule has 0 aromatic carbocycles. The van der Waals surface area contributed by atoms with Gasteiger partial charge in [0.05, 0.1) is 0 Å². The fraction of sp³-hybridized carbons (Fsp3) is 0.942. The fourth-order valence-electron chi connectivity index (χ4n) is 7.81. The Morgan fingerprint density at radius 2 is 0.569 bits per heavy atom. The molecule has 1 atom stereocenters. The molecule has 344 valence electrons. The SMILES string of the molecule is CCCCCCCCCCCC(=O)O[C@H](COC(=O)CCCCCCCCCCCCCCCCCCCCC(C)C)COC(=O)CCCCCCCCCC(C)C. The van der Waals surface area contributed by atoms with Crippen molar-refractivity contribution in [3.05, 3.63) is 0 Å². The number of hydrogen-bond donors (Lipinski definition) is 0. The lowest BCUT2D eigenvalue weighted by atomic mass is 10.0. The Hall–Kier alpha value is -1.59. The smallest absolute Gasteiger partial charge is 0.306 e.